The first-order valence-corrected chi connectivity index (χ1v) is 19.0. The summed E-state index contributed by atoms with van der Waals surface area (Å²) in [6.07, 6.45) is 11.6. The Morgan fingerprint density at radius 1 is 1.04 bits per heavy atom. The van der Waals surface area contributed by atoms with E-state index in [0.29, 0.717) is 41.4 Å². The normalized spacial score (nSPS) is 23.1. The van der Waals surface area contributed by atoms with Gasteiger partial charge in [-0.05, 0) is 88.6 Å². The molecule has 2 unspecified atom stereocenters. The maximum Gasteiger partial charge on any atom is 0.267 e. The fourth-order valence-corrected chi connectivity index (χ4v) is 8.52. The SMILES string of the molecule is CC(C)Oc1cc2nc([C@H]3CC[C@H](CN4CCC(c5cc(F)c(C6CCC(=O)NC6=O)cc5F)C(F)(F)C4)CC3)cn2cc1C(=O)Nc1cnn2cccnc12. The molecular formula is C40H42F4N8O4. The molecule has 0 spiro atoms. The predicted octanol–water partition coefficient (Wildman–Crippen LogP) is 6.61. The molecule has 2 saturated heterocycles. The van der Waals surface area contributed by atoms with Crippen molar-refractivity contribution in [2.45, 2.75) is 88.6 Å². The van der Waals surface area contributed by atoms with E-state index in [1.165, 1.54) is 6.20 Å². The number of anilines is 1. The van der Waals surface area contributed by atoms with Gasteiger partial charge in [-0.2, -0.15) is 5.10 Å². The summed E-state index contributed by atoms with van der Waals surface area (Å²) in [5, 5.41) is 9.27. The highest BCUT2D eigenvalue weighted by molar-refractivity contribution is 6.07. The molecule has 56 heavy (non-hydrogen) atoms. The number of fused-ring (bicyclic) bond motifs is 2. The zero-order valence-corrected chi connectivity index (χ0v) is 31.0. The van der Waals surface area contributed by atoms with Crippen LogP contribution in [0.25, 0.3) is 11.3 Å². The third kappa shape index (κ3) is 7.45. The number of carbonyl (C=O) groups is 3. The number of carbonyl (C=O) groups excluding carboxylic acids is 3. The molecule has 8 rings (SSSR count). The highest BCUT2D eigenvalue weighted by Gasteiger charge is 2.47. The molecule has 2 aliphatic heterocycles. The van der Waals surface area contributed by atoms with Gasteiger partial charge in [-0.1, -0.05) is 0 Å². The molecule has 3 fully saturated rings. The zero-order chi connectivity index (χ0) is 39.3. The van der Waals surface area contributed by atoms with Gasteiger partial charge in [0.25, 0.3) is 11.8 Å². The molecule has 1 saturated carbocycles. The molecule has 3 amide bonds. The van der Waals surface area contributed by atoms with Crippen molar-refractivity contribution in [3.05, 3.63) is 89.3 Å². The smallest absolute Gasteiger partial charge is 0.267 e. The molecule has 4 aromatic heterocycles. The molecule has 3 aliphatic rings. The second-order valence-electron chi connectivity index (χ2n) is 15.5. The number of amides is 3. The van der Waals surface area contributed by atoms with Crippen LogP contribution in [0.1, 0.15) is 104 Å². The predicted molar refractivity (Wildman–Crippen MR) is 197 cm³/mol. The molecule has 12 nitrogen and oxygen atoms in total. The van der Waals surface area contributed by atoms with Crippen LogP contribution in [-0.4, -0.2) is 78.3 Å². The monoisotopic (exact) mass is 774 g/mol. The quantitative estimate of drug-likeness (QED) is 0.126. The minimum absolute atomic E-state index is 0.0134. The number of hydrogen-bond donors (Lipinski definition) is 2. The number of nitrogens with one attached hydrogen (secondary N) is 2. The van der Waals surface area contributed by atoms with Crippen LogP contribution in [0.3, 0.4) is 0 Å². The molecule has 2 atom stereocenters. The van der Waals surface area contributed by atoms with E-state index in [1.807, 2.05) is 24.4 Å². The lowest BCUT2D eigenvalue weighted by Gasteiger charge is -2.41. The summed E-state index contributed by atoms with van der Waals surface area (Å²) in [5.41, 5.74) is 2.20. The zero-order valence-electron chi connectivity index (χ0n) is 31.0. The minimum Gasteiger partial charge on any atom is -0.490 e. The first-order valence-electron chi connectivity index (χ1n) is 19.0. The van der Waals surface area contributed by atoms with E-state index in [-0.39, 0.29) is 48.7 Å². The second-order valence-corrected chi connectivity index (χ2v) is 15.5. The van der Waals surface area contributed by atoms with Crippen molar-refractivity contribution in [2.75, 3.05) is 25.0 Å². The minimum atomic E-state index is -3.30. The summed E-state index contributed by atoms with van der Waals surface area (Å²) in [5.74, 6) is -8.62. The van der Waals surface area contributed by atoms with E-state index < -0.39 is 53.3 Å². The summed E-state index contributed by atoms with van der Waals surface area (Å²) in [4.78, 5) is 48.3. The fourth-order valence-electron chi connectivity index (χ4n) is 8.52. The average Bonchev–Trinajstić information content (AvgIpc) is 3.76. The number of likely N-dealkylation sites (tertiary alicyclic amines) is 1. The van der Waals surface area contributed by atoms with Crippen molar-refractivity contribution in [1.29, 1.82) is 0 Å². The Hall–Kier alpha value is -5.38. The molecule has 0 radical (unpaired) electrons. The lowest BCUT2D eigenvalue weighted by atomic mass is 9.79. The van der Waals surface area contributed by atoms with Crippen molar-refractivity contribution in [3.63, 3.8) is 0 Å². The first-order chi connectivity index (χ1) is 26.8. The Balaban J connectivity index is 0.899. The van der Waals surface area contributed by atoms with E-state index in [9.17, 15) is 14.4 Å². The summed E-state index contributed by atoms with van der Waals surface area (Å²) in [6, 6.07) is 5.15. The highest BCUT2D eigenvalue weighted by Crippen LogP contribution is 2.44. The summed E-state index contributed by atoms with van der Waals surface area (Å²) in [7, 11) is 0. The van der Waals surface area contributed by atoms with Crippen LogP contribution in [0.4, 0.5) is 23.2 Å². The van der Waals surface area contributed by atoms with Crippen LogP contribution < -0.4 is 15.4 Å². The standard InChI is InChI=1S/C40H42F4N8O4/c1-22(2)56-34-16-35-47-33(20-51(35)19-28(34)39(55)48-32-17-46-52-12-3-11-45-37(32)52)24-6-4-23(5-7-24)18-50-13-10-29(40(43,44)21-50)27-15-30(41)26(14-31(27)42)25-8-9-36(53)49-38(25)54/h3,11-12,14-17,19-20,22-25,29H,4-10,13,18,21H2,1-2H3,(H,48,55)(H,49,53,54)/t23-,24-,25?,29?. The van der Waals surface area contributed by atoms with E-state index in [2.05, 4.69) is 20.7 Å². The molecule has 2 N–H and O–H groups in total. The molecular weight excluding hydrogens is 732 g/mol. The van der Waals surface area contributed by atoms with E-state index >= 15 is 17.6 Å². The van der Waals surface area contributed by atoms with Gasteiger partial charge >= 0.3 is 0 Å². The van der Waals surface area contributed by atoms with Crippen molar-refractivity contribution in [2.24, 2.45) is 5.92 Å². The molecule has 5 aromatic rings. The number of hydrogen-bond acceptors (Lipinski definition) is 8. The van der Waals surface area contributed by atoms with Gasteiger partial charge in [-0.25, -0.2) is 32.0 Å². The Morgan fingerprint density at radius 3 is 2.55 bits per heavy atom. The van der Waals surface area contributed by atoms with E-state index in [0.717, 1.165) is 43.5 Å². The van der Waals surface area contributed by atoms with Crippen molar-refractivity contribution >= 4 is 34.7 Å². The number of aromatic nitrogens is 5. The first kappa shape index (κ1) is 37.5. The molecule has 6 heterocycles. The Bertz CT molecular complexity index is 2320. The lowest BCUT2D eigenvalue weighted by molar-refractivity contribution is -0.134. The number of benzene rings is 1. The maximum atomic E-state index is 15.7. The van der Waals surface area contributed by atoms with Gasteiger partial charge in [-0.3, -0.25) is 24.6 Å². The molecule has 1 aromatic carbocycles. The van der Waals surface area contributed by atoms with Gasteiger partial charge in [0.15, 0.2) is 5.65 Å². The van der Waals surface area contributed by atoms with Gasteiger partial charge in [0.05, 0.1) is 41.9 Å². The van der Waals surface area contributed by atoms with Gasteiger partial charge in [0, 0.05) is 55.3 Å². The second kappa shape index (κ2) is 14.9. The van der Waals surface area contributed by atoms with Crippen molar-refractivity contribution in [3.8, 4) is 5.75 Å². The Kier molecular flexibility index (Phi) is 10.0. The number of ether oxygens (including phenoxy) is 1. The van der Waals surface area contributed by atoms with Crippen molar-refractivity contribution in [1.82, 2.24) is 34.2 Å². The van der Waals surface area contributed by atoms with Gasteiger partial charge in [0.1, 0.15) is 28.7 Å². The number of imide groups is 1. The third-order valence-electron chi connectivity index (χ3n) is 11.3. The summed E-state index contributed by atoms with van der Waals surface area (Å²) < 4.78 is 71.3. The topological polar surface area (TPSA) is 135 Å². The van der Waals surface area contributed by atoms with Crippen molar-refractivity contribution < 1.29 is 36.7 Å². The van der Waals surface area contributed by atoms with Crippen LogP contribution in [0.2, 0.25) is 0 Å². The largest absolute Gasteiger partial charge is 0.490 e. The number of rotatable bonds is 9. The summed E-state index contributed by atoms with van der Waals surface area (Å²) in [6.45, 7) is 3.98. The molecule has 0 bridgehead atoms. The molecule has 294 valence electrons. The van der Waals surface area contributed by atoms with Crippen LogP contribution in [0.5, 0.6) is 5.75 Å². The van der Waals surface area contributed by atoms with Crippen LogP contribution >= 0.6 is 0 Å². The van der Waals surface area contributed by atoms with Crippen LogP contribution in [0, 0.1) is 17.6 Å². The number of nitrogens with zero attached hydrogens (tertiary/aromatic N) is 6. The number of halogens is 4. The highest BCUT2D eigenvalue weighted by atomic mass is 19.3. The van der Waals surface area contributed by atoms with Gasteiger partial charge < -0.3 is 14.5 Å². The number of alkyl halides is 2. The van der Waals surface area contributed by atoms with Crippen LogP contribution in [0.15, 0.2) is 55.2 Å². The Morgan fingerprint density at radius 2 is 1.80 bits per heavy atom. The maximum absolute atomic E-state index is 15.7. The molecule has 1 aliphatic carbocycles. The van der Waals surface area contributed by atoms with E-state index in [4.69, 9.17) is 9.72 Å². The fraction of sp³-hybridized carbons (Fsp3) is 0.450. The van der Waals surface area contributed by atoms with E-state index in [1.54, 1.807) is 40.1 Å². The number of imidazole rings is 1. The Labute approximate surface area is 319 Å². The van der Waals surface area contributed by atoms with Gasteiger partial charge in [0.2, 0.25) is 11.8 Å². The number of piperidine rings is 2. The average molecular weight is 775 g/mol. The number of pyridine rings is 1. The third-order valence-corrected chi connectivity index (χ3v) is 11.3. The summed E-state index contributed by atoms with van der Waals surface area (Å²) >= 11 is 0. The molecule has 16 heteroatoms. The lowest BCUT2D eigenvalue weighted by Crippen LogP contribution is -2.49. The van der Waals surface area contributed by atoms with Crippen LogP contribution in [-0.2, 0) is 9.59 Å². The van der Waals surface area contributed by atoms with Gasteiger partial charge in [-0.15, -0.1) is 0 Å².